The minimum absolute atomic E-state index is 0. The Hall–Kier alpha value is -1.06. The number of hydrogen-bond donors (Lipinski definition) is 0. The van der Waals surface area contributed by atoms with Gasteiger partial charge in [-0.15, -0.1) is 12.4 Å². The molecule has 42 valence electrons. The quantitative estimate of drug-likeness (QED) is 0.339. The molecule has 1 aliphatic rings. The van der Waals surface area contributed by atoms with Gasteiger partial charge in [0.25, 0.3) is 0 Å². The fourth-order valence-corrected chi connectivity index (χ4v) is 0.227. The van der Waals surface area contributed by atoms with Crippen molar-refractivity contribution in [3.63, 3.8) is 0 Å². The molecule has 1 rings (SSSR count). The smallest absolute Gasteiger partial charge is 0.530 e. The first-order valence-electron chi connectivity index (χ1n) is 1.59. The molecule has 8 heavy (non-hydrogen) atoms. The molecule has 0 aromatic rings. The van der Waals surface area contributed by atoms with Gasteiger partial charge in [-0.25, -0.2) is 0 Å². The summed E-state index contributed by atoms with van der Waals surface area (Å²) >= 11 is 0. The second kappa shape index (κ2) is 3.01. The van der Waals surface area contributed by atoms with E-state index in [1.807, 2.05) is 0 Å². The van der Waals surface area contributed by atoms with Crippen LogP contribution in [0.5, 0.6) is 0 Å². The Morgan fingerprint density at radius 3 is 2.62 bits per heavy atom. The average Bonchev–Trinajstić information content (AvgIpc) is 2.14. The molecule has 0 aromatic heterocycles. The predicted molar refractivity (Wildman–Crippen MR) is 29.2 cm³/mol. The molecule has 5 nitrogen and oxygen atoms in total. The third-order valence-electron chi connectivity index (χ3n) is 0.461. The lowest BCUT2D eigenvalue weighted by Gasteiger charge is -1.57. The molecule has 0 unspecified atom stereocenters. The second-order valence-corrected chi connectivity index (χ2v) is 0.860. The molecule has 1 aliphatic heterocycles. The maximum Gasteiger partial charge on any atom is 0.530 e. The molecule has 0 fully saturated rings. The van der Waals surface area contributed by atoms with Crippen LogP contribution in [-0.2, 0) is 0 Å². The van der Waals surface area contributed by atoms with Crippen molar-refractivity contribution in [3.8, 4) is 0 Å². The van der Waals surface area contributed by atoms with Gasteiger partial charge in [-0.3, -0.25) is 0 Å². The fraction of sp³-hybridized carbons (Fsp3) is 0. The summed E-state index contributed by atoms with van der Waals surface area (Å²) in [7, 11) is 0. The van der Waals surface area contributed by atoms with Crippen LogP contribution in [0.3, 0.4) is 0 Å². The Bertz CT molecular complexity index is 161. The maximum atomic E-state index is 7.89. The normalized spacial score (nSPS) is 13.2. The van der Waals surface area contributed by atoms with Gasteiger partial charge in [-0.05, 0) is 10.1 Å². The standard InChI is InChI=1S/C2HN5.ClH/c3-6-2-4-1-5-7-2;/h1H;1H. The van der Waals surface area contributed by atoms with Crippen molar-refractivity contribution < 1.29 is 4.79 Å². The van der Waals surface area contributed by atoms with Crippen LogP contribution in [0.2, 0.25) is 0 Å². The largest absolute Gasteiger partial charge is 0.542 e. The third-order valence-corrected chi connectivity index (χ3v) is 0.461. The molecule has 0 aromatic carbocycles. The molecule has 0 amide bonds. The molecule has 0 spiro atoms. The van der Waals surface area contributed by atoms with Crippen LogP contribution in [0.4, 0.5) is 0 Å². The highest BCUT2D eigenvalue weighted by Gasteiger charge is 2.07. The van der Waals surface area contributed by atoms with Crippen LogP contribution in [0, 0.1) is 0 Å². The van der Waals surface area contributed by atoms with Crippen molar-refractivity contribution in [1.29, 1.82) is 0 Å². The van der Waals surface area contributed by atoms with Crippen LogP contribution in [-0.4, -0.2) is 17.1 Å². The van der Waals surface area contributed by atoms with Crippen molar-refractivity contribution in [1.82, 2.24) is 0 Å². The Labute approximate surface area is 51.2 Å². The van der Waals surface area contributed by atoms with Crippen LogP contribution < -0.4 is 0 Å². The van der Waals surface area contributed by atoms with Gasteiger partial charge < -0.3 is 10.3 Å². The Morgan fingerprint density at radius 1 is 1.62 bits per heavy atom. The van der Waals surface area contributed by atoms with E-state index in [4.69, 9.17) is 5.53 Å². The molecule has 1 heterocycles. The molecule has 0 atom stereocenters. The number of azo groups is 1. The van der Waals surface area contributed by atoms with E-state index in [2.05, 4.69) is 20.0 Å². The van der Waals surface area contributed by atoms with Gasteiger partial charge in [-0.1, -0.05) is 0 Å². The fourth-order valence-electron chi connectivity index (χ4n) is 0.227. The minimum Gasteiger partial charge on any atom is -0.542 e. The van der Waals surface area contributed by atoms with Gasteiger partial charge in [-0.2, -0.15) is 0 Å². The number of halogens is 1. The number of nitrogens with zero attached hydrogens (tertiary/aromatic N) is 5. The first kappa shape index (κ1) is 6.94. The Morgan fingerprint density at radius 2 is 2.38 bits per heavy atom. The molecule has 0 bridgehead atoms. The number of guanidine groups is 1. The molecule has 6 heteroatoms. The third kappa shape index (κ3) is 1.22. The van der Waals surface area contributed by atoms with Crippen LogP contribution in [0.15, 0.2) is 15.2 Å². The van der Waals surface area contributed by atoms with Crippen molar-refractivity contribution in [2.24, 2.45) is 15.2 Å². The van der Waals surface area contributed by atoms with Crippen molar-refractivity contribution in [2.45, 2.75) is 0 Å². The zero-order valence-corrected chi connectivity index (χ0v) is 4.54. The van der Waals surface area contributed by atoms with Gasteiger partial charge in [0.1, 0.15) is 0 Å². The molecular weight excluding hydrogens is 130 g/mol. The number of aliphatic imine (C=N–C) groups is 1. The van der Waals surface area contributed by atoms with Crippen molar-refractivity contribution in [2.75, 3.05) is 0 Å². The first-order chi connectivity index (χ1) is 3.43. The average molecular weight is 132 g/mol. The highest BCUT2D eigenvalue weighted by Crippen LogP contribution is 1.84. The summed E-state index contributed by atoms with van der Waals surface area (Å²) < 4.78 is 0. The van der Waals surface area contributed by atoms with Crippen molar-refractivity contribution in [3.05, 3.63) is 5.53 Å². The molecule has 0 N–H and O–H groups in total. The highest BCUT2D eigenvalue weighted by molar-refractivity contribution is 5.87. The Kier molecular flexibility index (Phi) is 2.61. The number of hydrogen-bond acceptors (Lipinski definition) is 1. The van der Waals surface area contributed by atoms with E-state index >= 15 is 0 Å². The van der Waals surface area contributed by atoms with Crippen LogP contribution in [0.25, 0.3) is 5.53 Å². The summed E-state index contributed by atoms with van der Waals surface area (Å²) in [6.07, 6.45) is 1.20. The molecule has 0 radical (unpaired) electrons. The monoisotopic (exact) mass is 131 g/mol. The van der Waals surface area contributed by atoms with E-state index in [9.17, 15) is 0 Å². The summed E-state index contributed by atoms with van der Waals surface area (Å²) in [4.78, 5) is 6.04. The lowest BCUT2D eigenvalue weighted by atomic mass is 11.1. The number of rotatable bonds is 0. The summed E-state index contributed by atoms with van der Waals surface area (Å²) in [6, 6.07) is 0. The Balaban J connectivity index is 0.000000490. The molecule has 0 aliphatic carbocycles. The summed E-state index contributed by atoms with van der Waals surface area (Å²) in [6.45, 7) is 0. The highest BCUT2D eigenvalue weighted by atomic mass is 35.5. The minimum atomic E-state index is 0. The van der Waals surface area contributed by atoms with Gasteiger partial charge >= 0.3 is 5.96 Å². The van der Waals surface area contributed by atoms with Crippen LogP contribution in [0.1, 0.15) is 0 Å². The molecule has 0 saturated carbocycles. The maximum absolute atomic E-state index is 7.89. The lowest BCUT2D eigenvalue weighted by molar-refractivity contribution is -0.00827. The molecular formula is C2H2ClN5. The van der Waals surface area contributed by atoms with E-state index in [-0.39, 0.29) is 18.4 Å². The lowest BCUT2D eigenvalue weighted by Crippen LogP contribution is -1.80. The van der Waals surface area contributed by atoms with E-state index in [0.29, 0.717) is 0 Å². The second-order valence-electron chi connectivity index (χ2n) is 0.860. The van der Waals surface area contributed by atoms with E-state index < -0.39 is 0 Å². The van der Waals surface area contributed by atoms with Crippen molar-refractivity contribution >= 4 is 24.7 Å². The summed E-state index contributed by atoms with van der Waals surface area (Å²) in [5.41, 5.74) is 7.89. The first-order valence-corrected chi connectivity index (χ1v) is 1.59. The zero-order valence-electron chi connectivity index (χ0n) is 3.72. The van der Waals surface area contributed by atoms with Gasteiger partial charge in [0.15, 0.2) is 0 Å². The van der Waals surface area contributed by atoms with Gasteiger partial charge in [0, 0.05) is 0 Å². The van der Waals surface area contributed by atoms with Gasteiger partial charge in [0.2, 0.25) is 6.34 Å². The summed E-state index contributed by atoms with van der Waals surface area (Å²) in [5, 5.41) is 6.54. The zero-order chi connectivity index (χ0) is 5.11. The van der Waals surface area contributed by atoms with E-state index in [0.717, 1.165) is 0 Å². The van der Waals surface area contributed by atoms with E-state index in [1.165, 1.54) is 6.34 Å². The molecule has 0 saturated heterocycles. The topological polar surface area (TPSA) is 73.5 Å². The van der Waals surface area contributed by atoms with E-state index in [1.54, 1.807) is 0 Å². The van der Waals surface area contributed by atoms with Gasteiger partial charge in [0.05, 0.1) is 5.11 Å². The summed E-state index contributed by atoms with van der Waals surface area (Å²) in [5.74, 6) is 0.000000000000000222. The predicted octanol–water partition coefficient (Wildman–Crippen LogP) is 0.488. The van der Waals surface area contributed by atoms with Crippen LogP contribution >= 0.6 is 12.4 Å². The SMILES string of the molecule is Cl.[N-]=[N+]=C1N=CN=N1.